The molecule has 1 unspecified atom stereocenters. The maximum absolute atomic E-state index is 11.1. The molecule has 1 aromatic carbocycles. The Morgan fingerprint density at radius 1 is 1.17 bits per heavy atom. The topological polar surface area (TPSA) is 85.3 Å². The second kappa shape index (κ2) is 10.8. The van der Waals surface area contributed by atoms with Gasteiger partial charge in [-0.25, -0.2) is 0 Å². The zero-order valence-electron chi connectivity index (χ0n) is 17.3. The molecule has 3 rings (SSSR count). The molecular weight excluding hydrogens is 414 g/mol. The number of ether oxygens (including phenoxy) is 3. The molecule has 1 aromatic heterocycles. The summed E-state index contributed by atoms with van der Waals surface area (Å²) in [6.07, 6.45) is -0.233. The Labute approximate surface area is 177 Å². The fourth-order valence-corrected chi connectivity index (χ4v) is 4.18. The fourth-order valence-electron chi connectivity index (χ4n) is 2.80. The Bertz CT molecular complexity index is 871. The van der Waals surface area contributed by atoms with Crippen molar-refractivity contribution in [2.75, 3.05) is 32.8 Å². The van der Waals surface area contributed by atoms with E-state index in [0.717, 1.165) is 5.75 Å². The predicted molar refractivity (Wildman–Crippen MR) is 114 cm³/mol. The second-order valence-corrected chi connectivity index (χ2v) is 8.62. The molecule has 7 nitrogen and oxygen atoms in total. The van der Waals surface area contributed by atoms with Crippen molar-refractivity contribution in [2.45, 2.75) is 38.7 Å². The lowest BCUT2D eigenvalue weighted by molar-refractivity contribution is 0.0546. The zero-order valence-corrected chi connectivity index (χ0v) is 18.9. The van der Waals surface area contributed by atoms with E-state index < -0.39 is 10.1 Å². The minimum atomic E-state index is -4.21. The summed E-state index contributed by atoms with van der Waals surface area (Å²) >= 11 is 1.51. The summed E-state index contributed by atoms with van der Waals surface area (Å²) in [4.78, 5) is 2.25. The van der Waals surface area contributed by atoms with Crippen LogP contribution in [0.15, 0.2) is 33.9 Å². The van der Waals surface area contributed by atoms with E-state index in [1.54, 1.807) is 13.0 Å². The third-order valence-electron chi connectivity index (χ3n) is 4.51. The molecule has 9 heteroatoms. The lowest BCUT2D eigenvalue weighted by atomic mass is 10.2. The number of fused-ring (bicyclic) bond motifs is 1. The van der Waals surface area contributed by atoms with Crippen molar-refractivity contribution < 1.29 is 27.2 Å². The Morgan fingerprint density at radius 2 is 1.83 bits per heavy atom. The molecule has 0 saturated carbocycles. The van der Waals surface area contributed by atoms with Gasteiger partial charge in [-0.1, -0.05) is 20.8 Å². The molecule has 0 spiro atoms. The molecule has 0 bridgehead atoms. The van der Waals surface area contributed by atoms with Gasteiger partial charge in [-0.3, -0.25) is 4.55 Å². The summed E-state index contributed by atoms with van der Waals surface area (Å²) < 4.78 is 48.2. The lowest BCUT2D eigenvalue weighted by Crippen LogP contribution is -2.34. The van der Waals surface area contributed by atoms with Gasteiger partial charge in [-0.05, 0) is 50.3 Å². The van der Waals surface area contributed by atoms with E-state index in [9.17, 15) is 8.42 Å². The van der Waals surface area contributed by atoms with Crippen LogP contribution in [0.5, 0.6) is 17.2 Å². The van der Waals surface area contributed by atoms with Crippen molar-refractivity contribution in [1.82, 2.24) is 4.90 Å². The summed E-state index contributed by atoms with van der Waals surface area (Å²) in [5.41, 5.74) is 0.418. The van der Waals surface area contributed by atoms with Crippen molar-refractivity contribution in [3.63, 3.8) is 0 Å². The molecule has 1 atom stereocenters. The normalized spacial score (nSPS) is 15.6. The van der Waals surface area contributed by atoms with Crippen LogP contribution in [0, 0.1) is 6.92 Å². The van der Waals surface area contributed by atoms with Crippen LogP contribution in [0.3, 0.4) is 0 Å². The smallest absolute Gasteiger partial charge is 0.294 e. The van der Waals surface area contributed by atoms with Crippen molar-refractivity contribution in [3.05, 3.63) is 34.5 Å². The van der Waals surface area contributed by atoms with Crippen LogP contribution in [0.1, 0.15) is 26.3 Å². The summed E-state index contributed by atoms with van der Waals surface area (Å²) in [5, 5.41) is 3.75. The van der Waals surface area contributed by atoms with Gasteiger partial charge in [0, 0.05) is 10.8 Å². The number of thiophene rings is 1. The van der Waals surface area contributed by atoms with E-state index in [4.69, 9.17) is 18.8 Å². The molecule has 29 heavy (non-hydrogen) atoms. The van der Waals surface area contributed by atoms with Gasteiger partial charge in [0.2, 0.25) is 0 Å². The molecule has 1 aliphatic rings. The Morgan fingerprint density at radius 3 is 2.38 bits per heavy atom. The van der Waals surface area contributed by atoms with Gasteiger partial charge >= 0.3 is 0 Å². The molecule has 2 heterocycles. The SMILES string of the molecule is CCN(CC)CC.Cc1cc(OCC2COc3cscc3O2)ccc1S(=O)(=O)O. The van der Waals surface area contributed by atoms with Gasteiger partial charge in [0.1, 0.15) is 19.0 Å². The van der Waals surface area contributed by atoms with Crippen molar-refractivity contribution >= 4 is 21.5 Å². The highest BCUT2D eigenvalue weighted by Gasteiger charge is 2.22. The maximum atomic E-state index is 11.1. The van der Waals surface area contributed by atoms with Crippen LogP contribution in [0.4, 0.5) is 0 Å². The molecule has 2 aromatic rings. The molecule has 0 fully saturated rings. The quantitative estimate of drug-likeness (QED) is 0.650. The van der Waals surface area contributed by atoms with Crippen LogP contribution in [-0.2, 0) is 10.1 Å². The zero-order chi connectivity index (χ0) is 21.4. The number of aryl methyl sites for hydroxylation is 1. The Hall–Kier alpha value is -1.81. The van der Waals surface area contributed by atoms with Crippen molar-refractivity contribution in [3.8, 4) is 17.2 Å². The van der Waals surface area contributed by atoms with Crippen molar-refractivity contribution in [1.29, 1.82) is 0 Å². The molecule has 1 N–H and O–H groups in total. The number of nitrogens with zero attached hydrogens (tertiary/aromatic N) is 1. The summed E-state index contributed by atoms with van der Waals surface area (Å²) in [6, 6.07) is 4.37. The number of hydrogen-bond acceptors (Lipinski definition) is 7. The van der Waals surface area contributed by atoms with Crippen LogP contribution in [-0.4, -0.2) is 56.8 Å². The molecular formula is C20H29NO6S2. The van der Waals surface area contributed by atoms with Crippen LogP contribution >= 0.6 is 11.3 Å². The van der Waals surface area contributed by atoms with Crippen LogP contribution in [0.25, 0.3) is 0 Å². The van der Waals surface area contributed by atoms with Crippen molar-refractivity contribution in [2.24, 2.45) is 0 Å². The highest BCUT2D eigenvalue weighted by molar-refractivity contribution is 7.85. The second-order valence-electron chi connectivity index (χ2n) is 6.48. The van der Waals surface area contributed by atoms with Gasteiger partial charge in [0.15, 0.2) is 17.6 Å². The Balaban J connectivity index is 0.000000370. The number of hydrogen-bond donors (Lipinski definition) is 1. The third-order valence-corrected chi connectivity index (χ3v) is 6.23. The Kier molecular flexibility index (Phi) is 8.76. The van der Waals surface area contributed by atoms with Gasteiger partial charge in [-0.2, -0.15) is 8.42 Å². The van der Waals surface area contributed by atoms with E-state index in [2.05, 4.69) is 25.7 Å². The van der Waals surface area contributed by atoms with Crippen LogP contribution in [0.2, 0.25) is 0 Å². The molecule has 0 aliphatic carbocycles. The molecule has 0 radical (unpaired) electrons. The first-order valence-electron chi connectivity index (χ1n) is 9.57. The first kappa shape index (κ1) is 23.5. The summed E-state index contributed by atoms with van der Waals surface area (Å²) in [7, 11) is -4.21. The molecule has 0 saturated heterocycles. The van der Waals surface area contributed by atoms with E-state index in [0.29, 0.717) is 23.7 Å². The largest absolute Gasteiger partial charge is 0.490 e. The van der Waals surface area contributed by atoms with Gasteiger partial charge in [0.25, 0.3) is 10.1 Å². The van der Waals surface area contributed by atoms with E-state index in [1.165, 1.54) is 43.1 Å². The minimum Gasteiger partial charge on any atom is -0.490 e. The van der Waals surface area contributed by atoms with Gasteiger partial charge in [0.05, 0.1) is 4.90 Å². The summed E-state index contributed by atoms with van der Waals surface area (Å²) in [6.45, 7) is 12.4. The first-order chi connectivity index (χ1) is 13.8. The first-order valence-corrected chi connectivity index (χ1v) is 12.0. The molecule has 0 amide bonds. The van der Waals surface area contributed by atoms with E-state index >= 15 is 0 Å². The monoisotopic (exact) mass is 443 g/mol. The van der Waals surface area contributed by atoms with Crippen LogP contribution < -0.4 is 14.2 Å². The average molecular weight is 444 g/mol. The third kappa shape index (κ3) is 6.88. The highest BCUT2D eigenvalue weighted by atomic mass is 32.2. The van der Waals surface area contributed by atoms with Gasteiger partial charge in [-0.15, -0.1) is 11.3 Å². The standard InChI is InChI=1S/C14H14O6S2.C6H15N/c1-9-4-10(2-3-14(9)22(15,16)17)18-5-11-6-19-12-7-21-8-13(12)20-11;1-4-7(5-2)6-3/h2-4,7-8,11H,5-6H2,1H3,(H,15,16,17);4-6H2,1-3H3. The average Bonchev–Trinajstić information content (AvgIpc) is 3.15. The predicted octanol–water partition coefficient (Wildman–Crippen LogP) is 3.87. The maximum Gasteiger partial charge on any atom is 0.294 e. The molecule has 1 aliphatic heterocycles. The number of rotatable bonds is 7. The minimum absolute atomic E-state index is 0.125. The van der Waals surface area contributed by atoms with Gasteiger partial charge < -0.3 is 19.1 Å². The molecule has 162 valence electrons. The summed E-state index contributed by atoms with van der Waals surface area (Å²) in [5.74, 6) is 1.96. The number of benzene rings is 1. The van der Waals surface area contributed by atoms with E-state index in [-0.39, 0.29) is 17.6 Å². The van der Waals surface area contributed by atoms with E-state index in [1.807, 2.05) is 10.8 Å². The fraction of sp³-hybridized carbons (Fsp3) is 0.500. The highest BCUT2D eigenvalue weighted by Crippen LogP contribution is 2.35. The lowest BCUT2D eigenvalue weighted by Gasteiger charge is -2.24.